The van der Waals surface area contributed by atoms with Crippen LogP contribution in [-0.2, 0) is 4.65 Å². The van der Waals surface area contributed by atoms with E-state index in [1.165, 1.54) is 38.5 Å². The minimum Gasteiger partial charge on any atom is -0.429 e. The molecule has 0 aromatic rings. The highest BCUT2D eigenvalue weighted by Gasteiger charge is 2.67. The molecule has 2 saturated heterocycles. The van der Waals surface area contributed by atoms with Crippen LogP contribution in [0.2, 0.25) is 6.32 Å². The zero-order valence-corrected chi connectivity index (χ0v) is 12.0. The van der Waals surface area contributed by atoms with Gasteiger partial charge in [0.1, 0.15) is 0 Å². The SMILES string of the molecule is CC12OB(C3CCCN3)CC1C[C@H]1C[C@@H]2C1(C)C. The number of rotatable bonds is 1. The quantitative estimate of drug-likeness (QED) is 0.719. The van der Waals surface area contributed by atoms with E-state index in [1.807, 2.05) is 0 Å². The second-order valence-corrected chi connectivity index (χ2v) is 8.02. The van der Waals surface area contributed by atoms with Crippen molar-refractivity contribution in [1.29, 1.82) is 0 Å². The van der Waals surface area contributed by atoms with E-state index in [2.05, 4.69) is 26.1 Å². The second kappa shape index (κ2) is 3.55. The van der Waals surface area contributed by atoms with Crippen LogP contribution in [0.1, 0.15) is 46.5 Å². The van der Waals surface area contributed by atoms with E-state index < -0.39 is 0 Å². The summed E-state index contributed by atoms with van der Waals surface area (Å²) >= 11 is 0. The molecule has 2 heterocycles. The van der Waals surface area contributed by atoms with E-state index in [9.17, 15) is 0 Å². The summed E-state index contributed by atoms with van der Waals surface area (Å²) in [7, 11) is 0. The lowest BCUT2D eigenvalue weighted by atomic mass is 9.41. The van der Waals surface area contributed by atoms with Crippen molar-refractivity contribution in [1.82, 2.24) is 5.32 Å². The maximum absolute atomic E-state index is 6.66. The van der Waals surface area contributed by atoms with Crippen LogP contribution < -0.4 is 5.32 Å². The Balaban J connectivity index is 1.57. The van der Waals surface area contributed by atoms with Gasteiger partial charge in [-0.15, -0.1) is 0 Å². The Morgan fingerprint density at radius 1 is 1.17 bits per heavy atom. The van der Waals surface area contributed by atoms with Crippen molar-refractivity contribution in [3.8, 4) is 0 Å². The summed E-state index contributed by atoms with van der Waals surface area (Å²) in [5, 5.41) is 3.65. The summed E-state index contributed by atoms with van der Waals surface area (Å²) < 4.78 is 6.66. The van der Waals surface area contributed by atoms with Crippen LogP contribution >= 0.6 is 0 Å². The van der Waals surface area contributed by atoms with Crippen LogP contribution in [0.3, 0.4) is 0 Å². The van der Waals surface area contributed by atoms with Gasteiger partial charge in [-0.25, -0.2) is 0 Å². The normalized spacial score (nSPS) is 53.2. The fourth-order valence-corrected chi connectivity index (χ4v) is 5.69. The molecule has 0 aromatic heterocycles. The molecule has 1 N–H and O–H groups in total. The molecule has 5 atom stereocenters. The molecular weight excluding hydrogens is 221 g/mol. The summed E-state index contributed by atoms with van der Waals surface area (Å²) in [5.74, 6) is 3.26. The molecule has 3 aliphatic carbocycles. The smallest absolute Gasteiger partial charge is 0.311 e. The van der Waals surface area contributed by atoms with Gasteiger partial charge in [0.05, 0.1) is 5.60 Å². The molecule has 3 heteroatoms. The lowest BCUT2D eigenvalue weighted by molar-refractivity contribution is -0.197. The predicted molar refractivity (Wildman–Crippen MR) is 74.6 cm³/mol. The first kappa shape index (κ1) is 11.8. The van der Waals surface area contributed by atoms with Crippen molar-refractivity contribution in [3.63, 3.8) is 0 Å². The average Bonchev–Trinajstić information content (AvgIpc) is 2.92. The van der Waals surface area contributed by atoms with Crippen molar-refractivity contribution in [3.05, 3.63) is 0 Å². The topological polar surface area (TPSA) is 21.3 Å². The monoisotopic (exact) mass is 247 g/mol. The van der Waals surface area contributed by atoms with Gasteiger partial charge >= 0.3 is 6.92 Å². The number of nitrogens with one attached hydrogen (secondary N) is 1. The molecule has 100 valence electrons. The van der Waals surface area contributed by atoms with E-state index in [-0.39, 0.29) is 5.60 Å². The molecule has 2 aliphatic heterocycles. The molecule has 5 fully saturated rings. The summed E-state index contributed by atoms with van der Waals surface area (Å²) in [5.41, 5.74) is 0.719. The first-order valence-corrected chi connectivity index (χ1v) is 7.93. The van der Waals surface area contributed by atoms with Crippen molar-refractivity contribution in [2.45, 2.75) is 64.3 Å². The van der Waals surface area contributed by atoms with Crippen LogP contribution in [0, 0.1) is 23.2 Å². The Morgan fingerprint density at radius 3 is 2.67 bits per heavy atom. The molecule has 0 radical (unpaired) electrons. The highest BCUT2D eigenvalue weighted by molar-refractivity contribution is 6.54. The van der Waals surface area contributed by atoms with E-state index in [0.717, 1.165) is 17.8 Å². The molecule has 2 bridgehead atoms. The van der Waals surface area contributed by atoms with Gasteiger partial charge in [0.2, 0.25) is 0 Å². The summed E-state index contributed by atoms with van der Waals surface area (Å²) in [6.45, 7) is 9.06. The maximum Gasteiger partial charge on any atom is 0.311 e. The van der Waals surface area contributed by atoms with Crippen molar-refractivity contribution < 1.29 is 4.65 Å². The third-order valence-corrected chi connectivity index (χ3v) is 7.01. The Kier molecular flexibility index (Phi) is 2.32. The van der Waals surface area contributed by atoms with Gasteiger partial charge in [-0.2, -0.15) is 0 Å². The lowest BCUT2D eigenvalue weighted by Crippen LogP contribution is -2.63. The lowest BCUT2D eigenvalue weighted by Gasteiger charge is -2.65. The molecule has 2 nitrogen and oxygen atoms in total. The zero-order chi connectivity index (χ0) is 12.5. The maximum atomic E-state index is 6.66. The molecular formula is C15H26BNO. The van der Waals surface area contributed by atoms with Crippen molar-refractivity contribution in [2.24, 2.45) is 23.2 Å². The Bertz CT molecular complexity index is 366. The summed E-state index contributed by atoms with van der Waals surface area (Å²) in [6.07, 6.45) is 6.82. The van der Waals surface area contributed by atoms with Gasteiger partial charge in [-0.1, -0.05) is 13.8 Å². The van der Waals surface area contributed by atoms with Gasteiger partial charge in [0.25, 0.3) is 0 Å². The first-order valence-electron chi connectivity index (χ1n) is 7.93. The highest BCUT2D eigenvalue weighted by Crippen LogP contribution is 2.68. The van der Waals surface area contributed by atoms with Gasteiger partial charge in [-0.05, 0) is 68.6 Å². The van der Waals surface area contributed by atoms with Crippen LogP contribution in [-0.4, -0.2) is 25.0 Å². The van der Waals surface area contributed by atoms with E-state index in [4.69, 9.17) is 4.65 Å². The first-order chi connectivity index (χ1) is 8.52. The summed E-state index contributed by atoms with van der Waals surface area (Å²) in [4.78, 5) is 0. The van der Waals surface area contributed by atoms with Gasteiger partial charge in [0, 0.05) is 5.94 Å². The van der Waals surface area contributed by atoms with Gasteiger partial charge in [0.15, 0.2) is 0 Å². The van der Waals surface area contributed by atoms with Crippen LogP contribution in [0.4, 0.5) is 0 Å². The van der Waals surface area contributed by atoms with E-state index >= 15 is 0 Å². The molecule has 0 spiro atoms. The van der Waals surface area contributed by atoms with Gasteiger partial charge in [-0.3, -0.25) is 0 Å². The zero-order valence-electron chi connectivity index (χ0n) is 12.0. The summed E-state index contributed by atoms with van der Waals surface area (Å²) in [6, 6.07) is 0. The van der Waals surface area contributed by atoms with Crippen molar-refractivity contribution in [2.75, 3.05) is 6.54 Å². The molecule has 0 aromatic carbocycles. The fourth-order valence-electron chi connectivity index (χ4n) is 5.69. The van der Waals surface area contributed by atoms with Crippen LogP contribution in [0.5, 0.6) is 0 Å². The minimum absolute atomic E-state index is 0.188. The van der Waals surface area contributed by atoms with E-state index in [1.54, 1.807) is 0 Å². The highest BCUT2D eigenvalue weighted by atomic mass is 16.5. The third-order valence-electron chi connectivity index (χ3n) is 7.01. The van der Waals surface area contributed by atoms with Crippen LogP contribution in [0.15, 0.2) is 0 Å². The molecule has 18 heavy (non-hydrogen) atoms. The second-order valence-electron chi connectivity index (χ2n) is 8.02. The Labute approximate surface area is 111 Å². The number of hydrogen-bond donors (Lipinski definition) is 1. The van der Waals surface area contributed by atoms with Gasteiger partial charge < -0.3 is 9.97 Å². The molecule has 0 amide bonds. The molecule has 5 rings (SSSR count). The van der Waals surface area contributed by atoms with Crippen LogP contribution in [0.25, 0.3) is 0 Å². The largest absolute Gasteiger partial charge is 0.429 e. The average molecular weight is 247 g/mol. The molecule has 5 aliphatic rings. The predicted octanol–water partition coefficient (Wildman–Crippen LogP) is 2.74. The Morgan fingerprint density at radius 2 is 2.00 bits per heavy atom. The van der Waals surface area contributed by atoms with Crippen molar-refractivity contribution >= 4 is 6.92 Å². The fraction of sp³-hybridized carbons (Fsp3) is 1.00. The van der Waals surface area contributed by atoms with E-state index in [0.29, 0.717) is 18.3 Å². The standard InChI is InChI=1S/C15H26BNO/c1-14(2)10-7-11-9-16(13-5-4-6-17-13)18-15(11,3)12(14)8-10/h10-13,17H,4-9H2,1-3H3/t10-,11?,12+,13?,15?/m0/s1. The number of hydrogen-bond acceptors (Lipinski definition) is 2. The third kappa shape index (κ3) is 1.33. The Hall–Kier alpha value is -0.0151. The molecule has 3 saturated carbocycles. The minimum atomic E-state index is 0.188. The molecule has 3 unspecified atom stereocenters.